The van der Waals surface area contributed by atoms with E-state index < -0.39 is 0 Å². The quantitative estimate of drug-likeness (QED) is 0.861. The van der Waals surface area contributed by atoms with Gasteiger partial charge in [-0.15, -0.1) is 0 Å². The van der Waals surface area contributed by atoms with Gasteiger partial charge in [0.05, 0.1) is 18.4 Å². The van der Waals surface area contributed by atoms with E-state index in [0.717, 1.165) is 43.6 Å². The fraction of sp³-hybridized carbons (Fsp3) is 0.643. The van der Waals surface area contributed by atoms with Gasteiger partial charge in [-0.25, -0.2) is 4.98 Å². The highest BCUT2D eigenvalue weighted by molar-refractivity contribution is 7.05. The van der Waals surface area contributed by atoms with Crippen LogP contribution in [0.4, 0.5) is 5.69 Å². The van der Waals surface area contributed by atoms with Gasteiger partial charge in [0.15, 0.2) is 0 Å². The summed E-state index contributed by atoms with van der Waals surface area (Å²) >= 11 is 1.54. The molecule has 6 nitrogen and oxygen atoms in total. The maximum atomic E-state index is 4.62. The lowest BCUT2D eigenvalue weighted by atomic mass is 10.2. The van der Waals surface area contributed by atoms with Crippen molar-refractivity contribution in [1.29, 1.82) is 0 Å². The van der Waals surface area contributed by atoms with Crippen LogP contribution in [-0.2, 0) is 13.6 Å². The van der Waals surface area contributed by atoms with Crippen LogP contribution in [0.3, 0.4) is 0 Å². The lowest BCUT2D eigenvalue weighted by molar-refractivity contribution is 0.249. The van der Waals surface area contributed by atoms with Crippen molar-refractivity contribution in [3.8, 4) is 0 Å². The Morgan fingerprint density at radius 2 is 2.00 bits per heavy atom. The van der Waals surface area contributed by atoms with Gasteiger partial charge in [-0.3, -0.25) is 9.58 Å². The highest BCUT2D eigenvalue weighted by Crippen LogP contribution is 2.18. The molecule has 1 aliphatic rings. The van der Waals surface area contributed by atoms with Crippen LogP contribution >= 0.6 is 11.5 Å². The van der Waals surface area contributed by atoms with Gasteiger partial charge >= 0.3 is 0 Å². The topological polar surface area (TPSA) is 50.1 Å². The number of piperazine rings is 1. The summed E-state index contributed by atoms with van der Waals surface area (Å²) in [6, 6.07) is 0. The van der Waals surface area contributed by atoms with Crippen LogP contribution in [0, 0.1) is 0 Å². The third-order valence-electron chi connectivity index (χ3n) is 3.79. The minimum atomic E-state index is 0.414. The van der Waals surface area contributed by atoms with Crippen molar-refractivity contribution in [2.45, 2.75) is 26.3 Å². The Labute approximate surface area is 129 Å². The van der Waals surface area contributed by atoms with E-state index in [2.05, 4.69) is 44.3 Å². The van der Waals surface area contributed by atoms with Crippen molar-refractivity contribution in [3.63, 3.8) is 0 Å². The van der Waals surface area contributed by atoms with Gasteiger partial charge in [0.25, 0.3) is 0 Å². The Hall–Kier alpha value is -1.47. The van der Waals surface area contributed by atoms with Gasteiger partial charge in [0, 0.05) is 45.3 Å². The van der Waals surface area contributed by atoms with Crippen LogP contribution in [-0.4, -0.2) is 50.2 Å². The van der Waals surface area contributed by atoms with Gasteiger partial charge in [-0.05, 0) is 11.5 Å². The molecule has 0 saturated carbocycles. The Morgan fingerprint density at radius 1 is 1.24 bits per heavy atom. The summed E-state index contributed by atoms with van der Waals surface area (Å²) in [6.45, 7) is 9.41. The van der Waals surface area contributed by atoms with Gasteiger partial charge in [0.2, 0.25) is 0 Å². The molecule has 1 saturated heterocycles. The predicted octanol–water partition coefficient (Wildman–Crippen LogP) is 1.72. The first-order valence-corrected chi connectivity index (χ1v) is 8.17. The van der Waals surface area contributed by atoms with E-state index in [1.807, 2.05) is 17.9 Å². The van der Waals surface area contributed by atoms with Crippen LogP contribution < -0.4 is 4.90 Å². The molecule has 0 amide bonds. The summed E-state index contributed by atoms with van der Waals surface area (Å²) in [5.74, 6) is 1.39. The van der Waals surface area contributed by atoms with Gasteiger partial charge < -0.3 is 4.90 Å². The fourth-order valence-electron chi connectivity index (χ4n) is 2.49. The normalized spacial score (nSPS) is 16.9. The molecule has 0 unspecified atom stereocenters. The number of aryl methyl sites for hydroxylation is 1. The molecule has 0 radical (unpaired) electrons. The van der Waals surface area contributed by atoms with Gasteiger partial charge in [-0.1, -0.05) is 13.8 Å². The van der Waals surface area contributed by atoms with Crippen LogP contribution in [0.25, 0.3) is 0 Å². The average molecular weight is 306 g/mol. The van der Waals surface area contributed by atoms with E-state index in [4.69, 9.17) is 0 Å². The molecule has 0 N–H and O–H groups in total. The smallest absolute Gasteiger partial charge is 0.145 e. The number of rotatable bonds is 4. The lowest BCUT2D eigenvalue weighted by Crippen LogP contribution is -2.45. The largest absolute Gasteiger partial charge is 0.366 e. The van der Waals surface area contributed by atoms with E-state index in [1.54, 1.807) is 11.5 Å². The Bertz CT molecular complexity index is 582. The lowest BCUT2D eigenvalue weighted by Gasteiger charge is -2.34. The predicted molar refractivity (Wildman–Crippen MR) is 84.7 cm³/mol. The van der Waals surface area contributed by atoms with E-state index in [-0.39, 0.29) is 0 Å². The molecule has 0 spiro atoms. The first kappa shape index (κ1) is 14.5. The third kappa shape index (κ3) is 3.41. The number of aromatic nitrogens is 4. The molecule has 0 aliphatic carbocycles. The minimum Gasteiger partial charge on any atom is -0.366 e. The SMILES string of the molecule is CC(C)c1nsc(CN2CCN(c3cnn(C)c3)CC2)n1. The molecule has 7 heteroatoms. The van der Waals surface area contributed by atoms with Crippen LogP contribution in [0.1, 0.15) is 30.6 Å². The minimum absolute atomic E-state index is 0.414. The molecule has 2 aromatic rings. The number of nitrogens with zero attached hydrogens (tertiary/aromatic N) is 6. The highest BCUT2D eigenvalue weighted by atomic mass is 32.1. The standard InChI is InChI=1S/C14H22N6S/c1-11(2)14-16-13(21-17-14)10-19-4-6-20(7-5-19)12-8-15-18(3)9-12/h8-9,11H,4-7,10H2,1-3H3. The van der Waals surface area contributed by atoms with Gasteiger partial charge in [0.1, 0.15) is 10.8 Å². The third-order valence-corrected chi connectivity index (χ3v) is 4.50. The van der Waals surface area contributed by atoms with E-state index >= 15 is 0 Å². The monoisotopic (exact) mass is 306 g/mol. The van der Waals surface area contributed by atoms with E-state index in [9.17, 15) is 0 Å². The van der Waals surface area contributed by atoms with E-state index in [1.165, 1.54) is 5.69 Å². The van der Waals surface area contributed by atoms with Crippen molar-refractivity contribution in [3.05, 3.63) is 23.2 Å². The van der Waals surface area contributed by atoms with Crippen molar-refractivity contribution >= 4 is 17.2 Å². The fourth-order valence-corrected chi connectivity index (χ4v) is 3.32. The zero-order valence-electron chi connectivity index (χ0n) is 12.9. The number of hydrogen-bond acceptors (Lipinski definition) is 6. The summed E-state index contributed by atoms with van der Waals surface area (Å²) in [6.07, 6.45) is 4.02. The van der Waals surface area contributed by atoms with Crippen LogP contribution in [0.5, 0.6) is 0 Å². The van der Waals surface area contributed by atoms with Crippen LogP contribution in [0.15, 0.2) is 12.4 Å². The molecule has 21 heavy (non-hydrogen) atoms. The Balaban J connectivity index is 1.53. The molecule has 114 valence electrons. The molecular formula is C14H22N6S. The second kappa shape index (κ2) is 6.11. The summed E-state index contributed by atoms with van der Waals surface area (Å²) < 4.78 is 6.29. The first-order chi connectivity index (χ1) is 10.1. The average Bonchev–Trinajstić information content (AvgIpc) is 3.09. The number of anilines is 1. The van der Waals surface area contributed by atoms with Crippen molar-refractivity contribution in [1.82, 2.24) is 24.0 Å². The summed E-state index contributed by atoms with van der Waals surface area (Å²) in [5, 5.41) is 5.38. The molecule has 3 rings (SSSR count). The zero-order valence-corrected chi connectivity index (χ0v) is 13.7. The molecule has 0 bridgehead atoms. The summed E-state index contributed by atoms with van der Waals surface area (Å²) in [5.41, 5.74) is 1.22. The van der Waals surface area contributed by atoms with Gasteiger partial charge in [-0.2, -0.15) is 9.47 Å². The molecule has 3 heterocycles. The molecule has 0 atom stereocenters. The zero-order chi connectivity index (χ0) is 14.8. The summed E-state index contributed by atoms with van der Waals surface area (Å²) in [4.78, 5) is 9.47. The maximum Gasteiger partial charge on any atom is 0.145 e. The Morgan fingerprint density at radius 3 is 2.57 bits per heavy atom. The summed E-state index contributed by atoms with van der Waals surface area (Å²) in [7, 11) is 1.96. The number of hydrogen-bond donors (Lipinski definition) is 0. The second-order valence-corrected chi connectivity index (χ2v) is 6.67. The molecule has 1 aliphatic heterocycles. The maximum absolute atomic E-state index is 4.62. The van der Waals surface area contributed by atoms with E-state index in [0.29, 0.717) is 5.92 Å². The molecule has 2 aromatic heterocycles. The Kier molecular flexibility index (Phi) is 4.21. The first-order valence-electron chi connectivity index (χ1n) is 7.40. The van der Waals surface area contributed by atoms with Crippen LogP contribution in [0.2, 0.25) is 0 Å². The molecule has 1 fully saturated rings. The molecular weight excluding hydrogens is 284 g/mol. The second-order valence-electron chi connectivity index (χ2n) is 5.84. The van der Waals surface area contributed by atoms with Crippen molar-refractivity contribution in [2.75, 3.05) is 31.1 Å². The van der Waals surface area contributed by atoms with Crippen molar-refractivity contribution < 1.29 is 0 Å². The highest BCUT2D eigenvalue weighted by Gasteiger charge is 2.19. The molecule has 0 aromatic carbocycles. The van der Waals surface area contributed by atoms with Crippen molar-refractivity contribution in [2.24, 2.45) is 7.05 Å².